The first-order chi connectivity index (χ1) is 11.5. The zero-order chi connectivity index (χ0) is 17.0. The molecule has 2 atom stereocenters. The highest BCUT2D eigenvalue weighted by molar-refractivity contribution is 7.89. The van der Waals surface area contributed by atoms with Crippen LogP contribution < -0.4 is 14.8 Å². The van der Waals surface area contributed by atoms with Crippen molar-refractivity contribution in [3.63, 3.8) is 0 Å². The van der Waals surface area contributed by atoms with E-state index < -0.39 is 10.0 Å². The van der Waals surface area contributed by atoms with E-state index in [9.17, 15) is 8.42 Å². The molecular weight excluding hydrogens is 352 g/mol. The molecule has 3 rings (SSSR count). The highest BCUT2D eigenvalue weighted by Gasteiger charge is 2.26. The predicted molar refractivity (Wildman–Crippen MR) is 92.1 cm³/mol. The first-order valence-electron chi connectivity index (χ1n) is 8.28. The SMILES string of the molecule is O=S(=O)(NC1CCCNC1)c1cc(Cl)ccc1OCC1CCOC1. The quantitative estimate of drug-likeness (QED) is 0.793. The molecule has 2 N–H and O–H groups in total. The van der Waals surface area contributed by atoms with Gasteiger partial charge in [0.05, 0.1) is 13.2 Å². The Labute approximate surface area is 147 Å². The van der Waals surface area contributed by atoms with E-state index in [1.165, 1.54) is 6.07 Å². The summed E-state index contributed by atoms with van der Waals surface area (Å²) in [5.41, 5.74) is 0. The van der Waals surface area contributed by atoms with Crippen molar-refractivity contribution >= 4 is 21.6 Å². The molecule has 8 heteroatoms. The van der Waals surface area contributed by atoms with E-state index >= 15 is 0 Å². The third kappa shape index (κ3) is 4.61. The first-order valence-corrected chi connectivity index (χ1v) is 10.1. The molecule has 1 aromatic rings. The largest absolute Gasteiger partial charge is 0.492 e. The van der Waals surface area contributed by atoms with Crippen LogP contribution in [-0.4, -0.2) is 47.4 Å². The molecule has 2 aliphatic rings. The molecule has 0 spiro atoms. The van der Waals surface area contributed by atoms with Crippen molar-refractivity contribution in [3.8, 4) is 5.75 Å². The number of rotatable bonds is 6. The Morgan fingerprint density at radius 3 is 2.96 bits per heavy atom. The van der Waals surface area contributed by atoms with Crippen LogP contribution in [0.4, 0.5) is 0 Å². The summed E-state index contributed by atoms with van der Waals surface area (Å²) in [4.78, 5) is 0.0967. The third-order valence-corrected chi connectivity index (χ3v) is 6.09. The summed E-state index contributed by atoms with van der Waals surface area (Å²) in [6.45, 7) is 3.38. The van der Waals surface area contributed by atoms with Gasteiger partial charge in [-0.25, -0.2) is 13.1 Å². The summed E-state index contributed by atoms with van der Waals surface area (Å²) >= 11 is 6.01. The molecule has 0 saturated carbocycles. The molecule has 0 radical (unpaired) electrons. The molecule has 2 fully saturated rings. The molecule has 0 amide bonds. The minimum atomic E-state index is -3.69. The van der Waals surface area contributed by atoms with E-state index in [4.69, 9.17) is 21.1 Å². The van der Waals surface area contributed by atoms with Gasteiger partial charge >= 0.3 is 0 Å². The molecule has 0 aliphatic carbocycles. The van der Waals surface area contributed by atoms with E-state index in [1.807, 2.05) is 0 Å². The molecule has 0 bridgehead atoms. The Morgan fingerprint density at radius 1 is 1.38 bits per heavy atom. The zero-order valence-electron chi connectivity index (χ0n) is 13.5. The van der Waals surface area contributed by atoms with Crippen LogP contribution >= 0.6 is 11.6 Å². The molecule has 2 unspecified atom stereocenters. The molecule has 6 nitrogen and oxygen atoms in total. The Morgan fingerprint density at radius 2 is 2.25 bits per heavy atom. The third-order valence-electron chi connectivity index (χ3n) is 4.31. The molecule has 1 aromatic carbocycles. The lowest BCUT2D eigenvalue weighted by Crippen LogP contribution is -2.45. The van der Waals surface area contributed by atoms with Gasteiger partial charge in [0.15, 0.2) is 0 Å². The van der Waals surface area contributed by atoms with Crippen molar-refractivity contribution in [2.45, 2.75) is 30.2 Å². The Balaban J connectivity index is 1.75. The van der Waals surface area contributed by atoms with Crippen LogP contribution in [0, 0.1) is 5.92 Å². The van der Waals surface area contributed by atoms with Crippen LogP contribution in [0.3, 0.4) is 0 Å². The summed E-state index contributed by atoms with van der Waals surface area (Å²) in [6, 6.07) is 4.59. The maximum absolute atomic E-state index is 12.8. The molecule has 2 heterocycles. The number of hydrogen-bond donors (Lipinski definition) is 2. The zero-order valence-corrected chi connectivity index (χ0v) is 15.0. The summed E-state index contributed by atoms with van der Waals surface area (Å²) < 4.78 is 39.4. The average molecular weight is 375 g/mol. The molecular formula is C16H23ClN2O4S. The number of hydrogen-bond acceptors (Lipinski definition) is 5. The topological polar surface area (TPSA) is 76.7 Å². The number of ether oxygens (including phenoxy) is 2. The summed E-state index contributed by atoms with van der Waals surface area (Å²) in [6.07, 6.45) is 2.71. The number of nitrogens with one attached hydrogen (secondary N) is 2. The lowest BCUT2D eigenvalue weighted by Gasteiger charge is -2.24. The van der Waals surface area contributed by atoms with Gasteiger partial charge in [-0.3, -0.25) is 0 Å². The van der Waals surface area contributed by atoms with Gasteiger partial charge in [0.25, 0.3) is 0 Å². The minimum Gasteiger partial charge on any atom is -0.492 e. The molecule has 0 aromatic heterocycles. The van der Waals surface area contributed by atoms with Gasteiger partial charge in [-0.05, 0) is 44.0 Å². The summed E-state index contributed by atoms with van der Waals surface area (Å²) in [5.74, 6) is 0.634. The van der Waals surface area contributed by atoms with Gasteiger partial charge in [0, 0.05) is 30.1 Å². The Hall–Kier alpha value is -0.860. The number of halogens is 1. The number of sulfonamides is 1. The second kappa shape index (κ2) is 8.01. The van der Waals surface area contributed by atoms with Gasteiger partial charge in [0.1, 0.15) is 10.6 Å². The van der Waals surface area contributed by atoms with Crippen LogP contribution in [0.2, 0.25) is 5.02 Å². The number of piperidine rings is 1. The molecule has 134 valence electrons. The van der Waals surface area contributed by atoms with E-state index in [-0.39, 0.29) is 10.9 Å². The monoisotopic (exact) mass is 374 g/mol. The van der Waals surface area contributed by atoms with Gasteiger partial charge < -0.3 is 14.8 Å². The van der Waals surface area contributed by atoms with E-state index in [0.717, 1.165) is 32.4 Å². The fraction of sp³-hybridized carbons (Fsp3) is 0.625. The lowest BCUT2D eigenvalue weighted by atomic mass is 10.1. The Kier molecular flexibility index (Phi) is 5.99. The van der Waals surface area contributed by atoms with Crippen LogP contribution in [0.5, 0.6) is 5.75 Å². The molecule has 24 heavy (non-hydrogen) atoms. The normalized spacial score (nSPS) is 24.9. The average Bonchev–Trinajstić information content (AvgIpc) is 3.07. The van der Waals surface area contributed by atoms with Crippen molar-refractivity contribution in [2.75, 3.05) is 32.9 Å². The summed E-state index contributed by atoms with van der Waals surface area (Å²) in [5, 5.41) is 3.57. The van der Waals surface area contributed by atoms with E-state index in [1.54, 1.807) is 12.1 Å². The fourth-order valence-electron chi connectivity index (χ4n) is 2.97. The first kappa shape index (κ1) is 17.9. The Bertz CT molecular complexity index is 656. The van der Waals surface area contributed by atoms with Gasteiger partial charge in [0.2, 0.25) is 10.0 Å². The molecule has 2 aliphatic heterocycles. The van der Waals surface area contributed by atoms with Crippen molar-refractivity contribution in [2.24, 2.45) is 5.92 Å². The summed E-state index contributed by atoms with van der Waals surface area (Å²) in [7, 11) is -3.69. The van der Waals surface area contributed by atoms with Gasteiger partial charge in [-0.2, -0.15) is 0 Å². The van der Waals surface area contributed by atoms with E-state index in [0.29, 0.717) is 36.4 Å². The maximum atomic E-state index is 12.8. The van der Waals surface area contributed by atoms with Crippen LogP contribution in [0.25, 0.3) is 0 Å². The lowest BCUT2D eigenvalue weighted by molar-refractivity contribution is 0.166. The smallest absolute Gasteiger partial charge is 0.244 e. The van der Waals surface area contributed by atoms with Crippen LogP contribution in [0.15, 0.2) is 23.1 Å². The minimum absolute atomic E-state index is 0.0967. The number of benzene rings is 1. The van der Waals surface area contributed by atoms with Crippen LogP contribution in [0.1, 0.15) is 19.3 Å². The van der Waals surface area contributed by atoms with Crippen molar-refractivity contribution in [1.82, 2.24) is 10.0 Å². The maximum Gasteiger partial charge on any atom is 0.244 e. The van der Waals surface area contributed by atoms with Crippen molar-refractivity contribution in [1.29, 1.82) is 0 Å². The highest BCUT2D eigenvalue weighted by Crippen LogP contribution is 2.28. The van der Waals surface area contributed by atoms with Gasteiger partial charge in [-0.1, -0.05) is 11.6 Å². The standard InChI is InChI=1S/C16H23ClN2O4S/c17-13-3-4-15(23-11-12-5-7-22-10-12)16(8-13)24(20,21)19-14-2-1-6-18-9-14/h3-4,8,12,14,18-19H,1-2,5-7,9-11H2. The van der Waals surface area contributed by atoms with Gasteiger partial charge in [-0.15, -0.1) is 0 Å². The highest BCUT2D eigenvalue weighted by atomic mass is 35.5. The predicted octanol–water partition coefficient (Wildman–Crippen LogP) is 1.79. The van der Waals surface area contributed by atoms with Crippen molar-refractivity contribution < 1.29 is 17.9 Å². The van der Waals surface area contributed by atoms with Crippen LogP contribution in [-0.2, 0) is 14.8 Å². The second-order valence-electron chi connectivity index (χ2n) is 6.30. The van der Waals surface area contributed by atoms with Crippen molar-refractivity contribution in [3.05, 3.63) is 23.2 Å². The van der Waals surface area contributed by atoms with E-state index in [2.05, 4.69) is 10.0 Å². The molecule has 2 saturated heterocycles. The second-order valence-corrected chi connectivity index (χ2v) is 8.42. The fourth-order valence-corrected chi connectivity index (χ4v) is 4.65.